The summed E-state index contributed by atoms with van der Waals surface area (Å²) in [7, 11) is 0. The molecule has 0 bridgehead atoms. The second-order valence-corrected chi connectivity index (χ2v) is 6.42. The summed E-state index contributed by atoms with van der Waals surface area (Å²) in [6, 6.07) is 7.45. The molecule has 0 fully saturated rings. The number of benzene rings is 1. The Bertz CT molecular complexity index is 649. The number of halogens is 3. The van der Waals surface area contributed by atoms with E-state index in [1.165, 1.54) is 0 Å². The number of aryl methyl sites for hydroxylation is 1. The SMILES string of the molecule is Cc1cc(I)ccc1NC(=O)c1cc(Br)cnc1Cl. The molecule has 1 N–H and O–H groups in total. The fourth-order valence-electron chi connectivity index (χ4n) is 1.54. The lowest BCUT2D eigenvalue weighted by Gasteiger charge is -2.09. The topological polar surface area (TPSA) is 42.0 Å². The molecular weight excluding hydrogens is 442 g/mol. The second-order valence-electron chi connectivity index (χ2n) is 3.91. The van der Waals surface area contributed by atoms with E-state index in [2.05, 4.69) is 48.8 Å². The van der Waals surface area contributed by atoms with Crippen molar-refractivity contribution in [1.82, 2.24) is 4.98 Å². The molecule has 2 rings (SSSR count). The average Bonchev–Trinajstić information content (AvgIpc) is 2.35. The molecule has 1 heterocycles. The van der Waals surface area contributed by atoms with Gasteiger partial charge in [-0.2, -0.15) is 0 Å². The predicted octanol–water partition coefficient (Wildman–Crippen LogP) is 4.66. The van der Waals surface area contributed by atoms with Crippen molar-refractivity contribution >= 4 is 61.7 Å². The van der Waals surface area contributed by atoms with Gasteiger partial charge in [-0.15, -0.1) is 0 Å². The molecule has 3 nitrogen and oxygen atoms in total. The van der Waals surface area contributed by atoms with Gasteiger partial charge in [-0.1, -0.05) is 11.6 Å². The number of anilines is 1. The van der Waals surface area contributed by atoms with Gasteiger partial charge in [-0.05, 0) is 75.3 Å². The number of carbonyl (C=O) groups excluding carboxylic acids is 1. The van der Waals surface area contributed by atoms with E-state index in [0.29, 0.717) is 10.0 Å². The minimum Gasteiger partial charge on any atom is -0.322 e. The monoisotopic (exact) mass is 450 g/mol. The molecule has 0 atom stereocenters. The van der Waals surface area contributed by atoms with E-state index >= 15 is 0 Å². The fourth-order valence-corrected chi connectivity index (χ4v) is 2.71. The van der Waals surface area contributed by atoms with E-state index in [-0.39, 0.29) is 11.1 Å². The summed E-state index contributed by atoms with van der Waals surface area (Å²) in [5.41, 5.74) is 2.11. The van der Waals surface area contributed by atoms with Crippen molar-refractivity contribution in [1.29, 1.82) is 0 Å². The van der Waals surface area contributed by atoms with Crippen molar-refractivity contribution in [3.63, 3.8) is 0 Å². The van der Waals surface area contributed by atoms with E-state index in [1.807, 2.05) is 25.1 Å². The van der Waals surface area contributed by atoms with Gasteiger partial charge in [0.05, 0.1) is 5.56 Å². The van der Waals surface area contributed by atoms with Crippen molar-refractivity contribution in [2.24, 2.45) is 0 Å². The lowest BCUT2D eigenvalue weighted by molar-refractivity contribution is 0.102. The summed E-state index contributed by atoms with van der Waals surface area (Å²) in [6.45, 7) is 1.94. The number of rotatable bonds is 2. The van der Waals surface area contributed by atoms with Crippen LogP contribution < -0.4 is 5.32 Å². The molecule has 0 aliphatic rings. The zero-order valence-electron chi connectivity index (χ0n) is 9.88. The van der Waals surface area contributed by atoms with Gasteiger partial charge in [0.25, 0.3) is 5.91 Å². The van der Waals surface area contributed by atoms with Gasteiger partial charge in [-0.25, -0.2) is 4.98 Å². The van der Waals surface area contributed by atoms with Crippen LogP contribution in [0.2, 0.25) is 5.15 Å². The van der Waals surface area contributed by atoms with Gasteiger partial charge in [-0.3, -0.25) is 4.79 Å². The Balaban J connectivity index is 2.28. The first kappa shape index (κ1) is 14.7. The molecule has 2 aromatic rings. The Hall–Kier alpha value is -0.660. The lowest BCUT2D eigenvalue weighted by atomic mass is 10.2. The quantitative estimate of drug-likeness (QED) is 0.533. The molecule has 19 heavy (non-hydrogen) atoms. The number of carbonyl (C=O) groups is 1. The van der Waals surface area contributed by atoms with Gasteiger partial charge in [0.1, 0.15) is 5.15 Å². The highest BCUT2D eigenvalue weighted by Gasteiger charge is 2.13. The van der Waals surface area contributed by atoms with Crippen LogP contribution in [0.4, 0.5) is 5.69 Å². The highest BCUT2D eigenvalue weighted by Crippen LogP contribution is 2.22. The molecule has 1 aromatic heterocycles. The van der Waals surface area contributed by atoms with Crippen LogP contribution in [0.1, 0.15) is 15.9 Å². The maximum atomic E-state index is 12.2. The van der Waals surface area contributed by atoms with Crippen LogP contribution in [0.3, 0.4) is 0 Å². The maximum Gasteiger partial charge on any atom is 0.258 e. The number of nitrogens with one attached hydrogen (secondary N) is 1. The Morgan fingerprint density at radius 1 is 1.42 bits per heavy atom. The van der Waals surface area contributed by atoms with E-state index in [4.69, 9.17) is 11.6 Å². The van der Waals surface area contributed by atoms with Crippen LogP contribution in [-0.4, -0.2) is 10.9 Å². The Kier molecular flexibility index (Phi) is 4.81. The predicted molar refractivity (Wildman–Crippen MR) is 88.8 cm³/mol. The molecule has 0 radical (unpaired) electrons. The van der Waals surface area contributed by atoms with Gasteiger partial charge in [0.2, 0.25) is 0 Å². The third-order valence-electron chi connectivity index (χ3n) is 2.49. The van der Waals surface area contributed by atoms with Crippen molar-refractivity contribution in [2.45, 2.75) is 6.92 Å². The molecule has 0 unspecified atom stereocenters. The number of amides is 1. The van der Waals surface area contributed by atoms with Crippen molar-refractivity contribution in [3.8, 4) is 0 Å². The smallest absolute Gasteiger partial charge is 0.258 e. The van der Waals surface area contributed by atoms with Crippen molar-refractivity contribution in [3.05, 3.63) is 54.8 Å². The first-order valence-corrected chi connectivity index (χ1v) is 7.61. The minimum absolute atomic E-state index is 0.184. The molecule has 0 aliphatic carbocycles. The fraction of sp³-hybridized carbons (Fsp3) is 0.0769. The van der Waals surface area contributed by atoms with Crippen LogP contribution in [0.5, 0.6) is 0 Å². The normalized spacial score (nSPS) is 10.3. The lowest BCUT2D eigenvalue weighted by Crippen LogP contribution is -2.14. The van der Waals surface area contributed by atoms with Crippen LogP contribution in [0.15, 0.2) is 34.9 Å². The number of nitrogens with zero attached hydrogens (tertiary/aromatic N) is 1. The summed E-state index contributed by atoms with van der Waals surface area (Å²) < 4.78 is 1.83. The van der Waals surface area contributed by atoms with Crippen LogP contribution in [-0.2, 0) is 0 Å². The van der Waals surface area contributed by atoms with Gasteiger partial charge in [0, 0.05) is 19.9 Å². The zero-order chi connectivity index (χ0) is 14.0. The van der Waals surface area contributed by atoms with Gasteiger partial charge < -0.3 is 5.32 Å². The first-order valence-electron chi connectivity index (χ1n) is 5.36. The summed E-state index contributed by atoms with van der Waals surface area (Å²) in [5.74, 6) is -0.275. The minimum atomic E-state index is -0.275. The highest BCUT2D eigenvalue weighted by atomic mass is 127. The molecule has 0 spiro atoms. The van der Waals surface area contributed by atoms with Crippen LogP contribution >= 0.6 is 50.1 Å². The van der Waals surface area contributed by atoms with Gasteiger partial charge in [0.15, 0.2) is 0 Å². The van der Waals surface area contributed by atoms with Crippen LogP contribution in [0.25, 0.3) is 0 Å². The van der Waals surface area contributed by atoms with Crippen molar-refractivity contribution < 1.29 is 4.79 Å². The molecular formula is C13H9BrClIN2O. The Labute approximate surface area is 138 Å². The van der Waals surface area contributed by atoms with Crippen LogP contribution in [0, 0.1) is 10.5 Å². The molecule has 0 aliphatic heterocycles. The maximum absolute atomic E-state index is 12.2. The Morgan fingerprint density at radius 3 is 2.84 bits per heavy atom. The van der Waals surface area contributed by atoms with E-state index in [9.17, 15) is 4.79 Å². The molecule has 1 amide bonds. The van der Waals surface area contributed by atoms with E-state index < -0.39 is 0 Å². The highest BCUT2D eigenvalue weighted by molar-refractivity contribution is 14.1. The zero-order valence-corrected chi connectivity index (χ0v) is 14.4. The summed E-state index contributed by atoms with van der Waals surface area (Å²) >= 11 is 11.4. The third kappa shape index (κ3) is 3.67. The molecule has 6 heteroatoms. The molecule has 0 saturated heterocycles. The standard InChI is InChI=1S/C13H9BrClIN2O/c1-7-4-9(16)2-3-11(7)18-13(19)10-5-8(14)6-17-12(10)15/h2-6H,1H3,(H,18,19). The van der Waals surface area contributed by atoms with Crippen molar-refractivity contribution in [2.75, 3.05) is 5.32 Å². The van der Waals surface area contributed by atoms with E-state index in [1.54, 1.807) is 12.3 Å². The first-order chi connectivity index (χ1) is 8.97. The summed E-state index contributed by atoms with van der Waals surface area (Å²) in [5, 5.41) is 3.02. The molecule has 1 aromatic carbocycles. The third-order valence-corrected chi connectivity index (χ3v) is 3.89. The van der Waals surface area contributed by atoms with Gasteiger partial charge >= 0.3 is 0 Å². The number of hydrogen-bond donors (Lipinski definition) is 1. The number of pyridine rings is 1. The Morgan fingerprint density at radius 2 is 2.16 bits per heavy atom. The summed E-state index contributed by atoms with van der Waals surface area (Å²) in [6.07, 6.45) is 1.55. The van der Waals surface area contributed by atoms with E-state index in [0.717, 1.165) is 14.8 Å². The largest absolute Gasteiger partial charge is 0.322 e. The molecule has 0 saturated carbocycles. The second kappa shape index (κ2) is 6.19. The number of hydrogen-bond acceptors (Lipinski definition) is 2. The number of aromatic nitrogens is 1. The summed E-state index contributed by atoms with van der Waals surface area (Å²) in [4.78, 5) is 16.1. The molecule has 98 valence electrons. The average molecular weight is 451 g/mol.